The van der Waals surface area contributed by atoms with Gasteiger partial charge in [0.2, 0.25) is 0 Å². The minimum atomic E-state index is -0.175. The van der Waals surface area contributed by atoms with E-state index in [1.807, 2.05) is 13.8 Å². The fraction of sp³-hybridized carbons (Fsp3) is 0.818. The molecule has 0 aromatic rings. The molecule has 13 heavy (non-hydrogen) atoms. The maximum Gasteiger partial charge on any atom is 0.0743 e. The van der Waals surface area contributed by atoms with Crippen LogP contribution in [-0.2, 0) is 0 Å². The van der Waals surface area contributed by atoms with Crippen molar-refractivity contribution in [2.45, 2.75) is 57.2 Å². The molecular formula is C11H20N2. The van der Waals surface area contributed by atoms with E-state index in [1.165, 1.54) is 0 Å². The lowest BCUT2D eigenvalue weighted by Gasteiger charge is -2.32. The Bertz CT molecular complexity index is 195. The SMILES string of the molecule is C#CC(C)(C)NC1CCC(N)CC1. The number of hydrogen-bond acceptors (Lipinski definition) is 2. The van der Waals surface area contributed by atoms with Crippen LogP contribution in [0.15, 0.2) is 0 Å². The highest BCUT2D eigenvalue weighted by Gasteiger charge is 2.23. The van der Waals surface area contributed by atoms with E-state index < -0.39 is 0 Å². The monoisotopic (exact) mass is 180 g/mol. The van der Waals surface area contributed by atoms with Crippen molar-refractivity contribution in [1.82, 2.24) is 5.32 Å². The van der Waals surface area contributed by atoms with Gasteiger partial charge >= 0.3 is 0 Å². The first-order valence-electron chi connectivity index (χ1n) is 5.04. The van der Waals surface area contributed by atoms with Crippen LogP contribution in [0, 0.1) is 12.3 Å². The first-order valence-corrected chi connectivity index (χ1v) is 5.04. The average Bonchev–Trinajstić information content (AvgIpc) is 2.09. The van der Waals surface area contributed by atoms with Crippen LogP contribution in [0.1, 0.15) is 39.5 Å². The second-order valence-corrected chi connectivity index (χ2v) is 4.53. The molecule has 3 N–H and O–H groups in total. The number of nitrogens with two attached hydrogens (primary N) is 1. The summed E-state index contributed by atoms with van der Waals surface area (Å²) >= 11 is 0. The van der Waals surface area contributed by atoms with Crippen LogP contribution >= 0.6 is 0 Å². The zero-order valence-electron chi connectivity index (χ0n) is 8.64. The quantitative estimate of drug-likeness (QED) is 0.628. The van der Waals surface area contributed by atoms with Crippen LogP contribution in [-0.4, -0.2) is 17.6 Å². The van der Waals surface area contributed by atoms with E-state index >= 15 is 0 Å². The highest BCUT2D eigenvalue weighted by molar-refractivity contribution is 5.08. The molecule has 0 heterocycles. The Morgan fingerprint density at radius 1 is 1.31 bits per heavy atom. The Morgan fingerprint density at radius 3 is 2.31 bits per heavy atom. The molecule has 1 aliphatic carbocycles. The Morgan fingerprint density at radius 2 is 1.85 bits per heavy atom. The zero-order valence-corrected chi connectivity index (χ0v) is 8.64. The summed E-state index contributed by atoms with van der Waals surface area (Å²) in [6.07, 6.45) is 9.98. The van der Waals surface area contributed by atoms with Gasteiger partial charge in [0.05, 0.1) is 5.54 Å². The Hall–Kier alpha value is -0.520. The van der Waals surface area contributed by atoms with Gasteiger partial charge < -0.3 is 5.73 Å². The van der Waals surface area contributed by atoms with E-state index in [0.717, 1.165) is 25.7 Å². The second-order valence-electron chi connectivity index (χ2n) is 4.53. The minimum absolute atomic E-state index is 0.175. The van der Waals surface area contributed by atoms with Crippen LogP contribution in [0.4, 0.5) is 0 Å². The molecule has 0 aromatic heterocycles. The summed E-state index contributed by atoms with van der Waals surface area (Å²) in [6.45, 7) is 4.09. The van der Waals surface area contributed by atoms with Gasteiger partial charge in [-0.1, -0.05) is 5.92 Å². The van der Waals surface area contributed by atoms with Gasteiger partial charge in [-0.15, -0.1) is 6.42 Å². The van der Waals surface area contributed by atoms with Gasteiger partial charge in [-0.05, 0) is 39.5 Å². The molecule has 0 saturated heterocycles. The van der Waals surface area contributed by atoms with Gasteiger partial charge in [0, 0.05) is 12.1 Å². The predicted octanol–water partition coefficient (Wildman–Crippen LogP) is 1.26. The predicted molar refractivity (Wildman–Crippen MR) is 56.3 cm³/mol. The normalized spacial score (nSPS) is 29.7. The maximum atomic E-state index is 5.83. The molecule has 0 spiro atoms. The first-order chi connectivity index (χ1) is 6.03. The van der Waals surface area contributed by atoms with E-state index in [9.17, 15) is 0 Å². The first kappa shape index (κ1) is 10.6. The lowest BCUT2D eigenvalue weighted by atomic mass is 9.90. The molecule has 1 aliphatic rings. The molecule has 0 radical (unpaired) electrons. The van der Waals surface area contributed by atoms with Gasteiger partial charge in [-0.25, -0.2) is 0 Å². The molecular weight excluding hydrogens is 160 g/mol. The molecule has 1 saturated carbocycles. The third-order valence-electron chi connectivity index (χ3n) is 2.70. The van der Waals surface area contributed by atoms with Crippen molar-refractivity contribution >= 4 is 0 Å². The number of rotatable bonds is 2. The zero-order chi connectivity index (χ0) is 9.90. The van der Waals surface area contributed by atoms with E-state index in [0.29, 0.717) is 12.1 Å². The van der Waals surface area contributed by atoms with Crippen LogP contribution in [0.5, 0.6) is 0 Å². The van der Waals surface area contributed by atoms with Crippen molar-refractivity contribution in [1.29, 1.82) is 0 Å². The summed E-state index contributed by atoms with van der Waals surface area (Å²) in [6, 6.07) is 0.970. The topological polar surface area (TPSA) is 38.0 Å². The number of hydrogen-bond donors (Lipinski definition) is 2. The number of nitrogens with one attached hydrogen (secondary N) is 1. The lowest BCUT2D eigenvalue weighted by Crippen LogP contribution is -2.47. The molecule has 74 valence electrons. The summed E-state index contributed by atoms with van der Waals surface area (Å²) in [5.41, 5.74) is 5.65. The van der Waals surface area contributed by atoms with E-state index in [2.05, 4.69) is 11.2 Å². The second kappa shape index (κ2) is 4.13. The van der Waals surface area contributed by atoms with E-state index in [4.69, 9.17) is 12.2 Å². The third-order valence-corrected chi connectivity index (χ3v) is 2.70. The van der Waals surface area contributed by atoms with Crippen molar-refractivity contribution in [3.8, 4) is 12.3 Å². The van der Waals surface area contributed by atoms with Gasteiger partial charge in [-0.3, -0.25) is 5.32 Å². The van der Waals surface area contributed by atoms with Crippen LogP contribution in [0.2, 0.25) is 0 Å². The van der Waals surface area contributed by atoms with Crippen LogP contribution < -0.4 is 11.1 Å². The smallest absolute Gasteiger partial charge is 0.0743 e. The Balaban J connectivity index is 2.35. The van der Waals surface area contributed by atoms with Crippen molar-refractivity contribution < 1.29 is 0 Å². The van der Waals surface area contributed by atoms with Crippen LogP contribution in [0.25, 0.3) is 0 Å². The lowest BCUT2D eigenvalue weighted by molar-refractivity contribution is 0.302. The molecule has 0 bridgehead atoms. The standard InChI is InChI=1S/C11H20N2/c1-4-11(2,3)13-10-7-5-9(12)6-8-10/h1,9-10,13H,5-8,12H2,2-3H3. The summed E-state index contributed by atoms with van der Waals surface area (Å²) in [4.78, 5) is 0. The highest BCUT2D eigenvalue weighted by atomic mass is 15.0. The molecule has 0 unspecified atom stereocenters. The number of terminal acetylenes is 1. The fourth-order valence-electron chi connectivity index (χ4n) is 1.82. The average molecular weight is 180 g/mol. The molecule has 0 amide bonds. The summed E-state index contributed by atoms with van der Waals surface area (Å²) in [5.74, 6) is 2.76. The highest BCUT2D eigenvalue weighted by Crippen LogP contribution is 2.19. The van der Waals surface area contributed by atoms with Crippen molar-refractivity contribution in [2.75, 3.05) is 0 Å². The van der Waals surface area contributed by atoms with Crippen molar-refractivity contribution in [3.63, 3.8) is 0 Å². The van der Waals surface area contributed by atoms with Crippen molar-refractivity contribution in [3.05, 3.63) is 0 Å². The Kier molecular flexibility index (Phi) is 3.35. The van der Waals surface area contributed by atoms with Gasteiger partial charge in [-0.2, -0.15) is 0 Å². The largest absolute Gasteiger partial charge is 0.328 e. The molecule has 1 fully saturated rings. The molecule has 2 nitrogen and oxygen atoms in total. The minimum Gasteiger partial charge on any atom is -0.328 e. The molecule has 0 atom stereocenters. The summed E-state index contributed by atoms with van der Waals surface area (Å²) in [7, 11) is 0. The van der Waals surface area contributed by atoms with Crippen LogP contribution in [0.3, 0.4) is 0 Å². The van der Waals surface area contributed by atoms with Gasteiger partial charge in [0.15, 0.2) is 0 Å². The van der Waals surface area contributed by atoms with E-state index in [-0.39, 0.29) is 5.54 Å². The summed E-state index contributed by atoms with van der Waals surface area (Å²) in [5, 5.41) is 3.47. The van der Waals surface area contributed by atoms with Gasteiger partial charge in [0.25, 0.3) is 0 Å². The Labute approximate surface area is 81.3 Å². The van der Waals surface area contributed by atoms with Gasteiger partial charge in [0.1, 0.15) is 0 Å². The third kappa shape index (κ3) is 3.38. The molecule has 1 rings (SSSR count). The molecule has 0 aliphatic heterocycles. The molecule has 2 heteroatoms. The van der Waals surface area contributed by atoms with E-state index in [1.54, 1.807) is 0 Å². The molecule has 0 aromatic carbocycles. The maximum absolute atomic E-state index is 5.83. The fourth-order valence-corrected chi connectivity index (χ4v) is 1.82. The summed E-state index contributed by atoms with van der Waals surface area (Å²) < 4.78 is 0. The van der Waals surface area contributed by atoms with Crippen molar-refractivity contribution in [2.24, 2.45) is 5.73 Å².